The lowest BCUT2D eigenvalue weighted by atomic mass is 9.91. The van der Waals surface area contributed by atoms with Crippen molar-refractivity contribution in [1.82, 2.24) is 29.6 Å². The molecule has 0 fully saturated rings. The number of hydrogen-bond donors (Lipinski definition) is 2. The van der Waals surface area contributed by atoms with E-state index in [2.05, 4.69) is 48.5 Å². The zero-order chi connectivity index (χ0) is 24.0. The van der Waals surface area contributed by atoms with E-state index in [4.69, 9.17) is 21.6 Å². The van der Waals surface area contributed by atoms with Gasteiger partial charge >= 0.3 is 0 Å². The van der Waals surface area contributed by atoms with Crippen LogP contribution in [0.1, 0.15) is 44.5 Å². The number of rotatable bonds is 4. The maximum atomic E-state index is 13.1. The second kappa shape index (κ2) is 8.52. The highest BCUT2D eigenvalue weighted by atomic mass is 35.5. The fourth-order valence-electron chi connectivity index (χ4n) is 4.37. The molecule has 3 aromatic heterocycles. The van der Waals surface area contributed by atoms with Crippen molar-refractivity contribution in [2.45, 2.75) is 52.6 Å². The van der Waals surface area contributed by atoms with E-state index in [-0.39, 0.29) is 11.0 Å². The molecule has 0 atom stereocenters. The largest absolute Gasteiger partial charge is 0.324 e. The van der Waals surface area contributed by atoms with Gasteiger partial charge in [-0.25, -0.2) is 19.3 Å². The molecule has 0 saturated heterocycles. The molecule has 4 aromatic rings. The Balaban J connectivity index is 1.62. The third kappa shape index (κ3) is 3.97. The van der Waals surface area contributed by atoms with Gasteiger partial charge in [-0.05, 0) is 55.3 Å². The quantitative estimate of drug-likeness (QED) is 0.454. The number of halogens is 1. The van der Waals surface area contributed by atoms with Crippen molar-refractivity contribution in [2.24, 2.45) is 0 Å². The van der Waals surface area contributed by atoms with Crippen molar-refractivity contribution in [3.05, 3.63) is 68.7 Å². The first-order valence-electron chi connectivity index (χ1n) is 11.5. The smallest absolute Gasteiger partial charge is 0.278 e. The molecule has 0 radical (unpaired) electrons. The lowest BCUT2D eigenvalue weighted by Gasteiger charge is -2.21. The number of anilines is 2. The van der Waals surface area contributed by atoms with Crippen molar-refractivity contribution < 1.29 is 0 Å². The van der Waals surface area contributed by atoms with E-state index in [0.29, 0.717) is 34.4 Å². The van der Waals surface area contributed by atoms with Gasteiger partial charge in [0.1, 0.15) is 5.39 Å². The monoisotopic (exact) mass is 477 g/mol. The summed E-state index contributed by atoms with van der Waals surface area (Å²) in [5.74, 6) is 1.01. The molecule has 0 bridgehead atoms. The van der Waals surface area contributed by atoms with E-state index in [1.807, 2.05) is 25.1 Å². The lowest BCUT2D eigenvalue weighted by Crippen LogP contribution is -2.23. The molecule has 0 amide bonds. The van der Waals surface area contributed by atoms with Crippen LogP contribution < -0.4 is 16.2 Å². The highest BCUT2D eigenvalue weighted by molar-refractivity contribution is 6.31. The van der Waals surface area contributed by atoms with Gasteiger partial charge in [-0.1, -0.05) is 38.4 Å². The lowest BCUT2D eigenvalue weighted by molar-refractivity contribution is 0.545. The first-order valence-corrected chi connectivity index (χ1v) is 11.9. The molecule has 1 aliphatic heterocycles. The predicted octanol–water partition coefficient (Wildman–Crippen LogP) is 4.34. The summed E-state index contributed by atoms with van der Waals surface area (Å²) in [5, 5.41) is 7.74. The van der Waals surface area contributed by atoms with E-state index >= 15 is 0 Å². The molecule has 1 aliphatic rings. The first-order chi connectivity index (χ1) is 16.3. The Hall–Kier alpha value is -3.23. The van der Waals surface area contributed by atoms with Gasteiger partial charge in [-0.15, -0.1) is 0 Å². The van der Waals surface area contributed by atoms with Crippen molar-refractivity contribution >= 4 is 34.3 Å². The van der Waals surface area contributed by atoms with E-state index in [1.54, 1.807) is 15.6 Å². The molecule has 0 spiro atoms. The van der Waals surface area contributed by atoms with Crippen molar-refractivity contribution in [3.63, 3.8) is 0 Å². The minimum atomic E-state index is -0.254. The molecule has 5 rings (SSSR count). The van der Waals surface area contributed by atoms with Gasteiger partial charge in [0, 0.05) is 30.4 Å². The number of fused-ring (bicyclic) bond motifs is 2. The van der Waals surface area contributed by atoms with Crippen LogP contribution in [0.2, 0.25) is 5.02 Å². The Labute approximate surface area is 203 Å². The summed E-state index contributed by atoms with van der Waals surface area (Å²) in [6, 6.07) is 9.94. The zero-order valence-electron chi connectivity index (χ0n) is 19.8. The molecule has 0 unspecified atom stereocenters. The number of nitrogens with one attached hydrogen (secondary N) is 2. The SMILES string of the molecule is CCn1c(=O)c2cnc(Nc3ccc4c(c3)CNCC4)nc2n1-c1ccc(Cl)c(C(C)(C)C)n1. The third-order valence-corrected chi connectivity index (χ3v) is 6.39. The normalized spacial score (nSPS) is 13.8. The van der Waals surface area contributed by atoms with Crippen LogP contribution in [0.25, 0.3) is 16.9 Å². The Morgan fingerprint density at radius 2 is 1.97 bits per heavy atom. The highest BCUT2D eigenvalue weighted by Gasteiger charge is 2.23. The summed E-state index contributed by atoms with van der Waals surface area (Å²) in [6.07, 6.45) is 2.61. The topological polar surface area (TPSA) is 89.7 Å². The van der Waals surface area contributed by atoms with Crippen LogP contribution in [0.3, 0.4) is 0 Å². The number of aromatic nitrogens is 5. The van der Waals surface area contributed by atoms with Crippen molar-refractivity contribution in [1.29, 1.82) is 0 Å². The Kier molecular flexibility index (Phi) is 5.65. The molecular weight excluding hydrogens is 450 g/mol. The van der Waals surface area contributed by atoms with Gasteiger partial charge in [0.15, 0.2) is 11.5 Å². The highest BCUT2D eigenvalue weighted by Crippen LogP contribution is 2.29. The fourth-order valence-corrected chi connectivity index (χ4v) is 4.76. The maximum absolute atomic E-state index is 13.1. The molecule has 1 aromatic carbocycles. The van der Waals surface area contributed by atoms with Crippen molar-refractivity contribution in [2.75, 3.05) is 11.9 Å². The average Bonchev–Trinajstić information content (AvgIpc) is 3.09. The van der Waals surface area contributed by atoms with Crippen molar-refractivity contribution in [3.8, 4) is 5.82 Å². The Morgan fingerprint density at radius 3 is 2.74 bits per heavy atom. The van der Waals surface area contributed by atoms with E-state index in [1.165, 1.54) is 11.1 Å². The minimum Gasteiger partial charge on any atom is -0.324 e. The standard InChI is InChI=1S/C25H28ClN7O/c1-5-32-23(34)18-14-28-24(29-17-7-6-15-10-11-27-13-16(15)12-17)31-22(18)33(32)20-9-8-19(26)21(30-20)25(2,3)4/h6-9,12,14,27H,5,10-11,13H2,1-4H3,(H,28,29,31). The molecule has 34 heavy (non-hydrogen) atoms. The molecule has 4 heterocycles. The summed E-state index contributed by atoms with van der Waals surface area (Å²) in [7, 11) is 0. The number of nitrogens with zero attached hydrogens (tertiary/aromatic N) is 5. The molecule has 0 aliphatic carbocycles. The third-order valence-electron chi connectivity index (χ3n) is 6.08. The van der Waals surface area contributed by atoms with Gasteiger partial charge in [0.05, 0.1) is 10.7 Å². The fraction of sp³-hybridized carbons (Fsp3) is 0.360. The van der Waals surface area contributed by atoms with E-state index in [0.717, 1.165) is 30.9 Å². The maximum Gasteiger partial charge on any atom is 0.278 e. The van der Waals surface area contributed by atoms with Gasteiger partial charge in [-0.3, -0.25) is 4.79 Å². The van der Waals surface area contributed by atoms with Crippen LogP contribution in [0, 0.1) is 0 Å². The molecule has 2 N–H and O–H groups in total. The van der Waals surface area contributed by atoms with Crippen LogP contribution in [0.5, 0.6) is 0 Å². The molecule has 9 heteroatoms. The number of benzene rings is 1. The Bertz CT molecular complexity index is 1450. The van der Waals surface area contributed by atoms with Crippen LogP contribution in [-0.4, -0.2) is 30.9 Å². The second-order valence-corrected chi connectivity index (χ2v) is 9.96. The van der Waals surface area contributed by atoms with Crippen LogP contribution in [0.15, 0.2) is 41.3 Å². The summed E-state index contributed by atoms with van der Waals surface area (Å²) in [6.45, 7) is 10.4. The van der Waals surface area contributed by atoms with Gasteiger partial charge < -0.3 is 10.6 Å². The molecule has 176 valence electrons. The van der Waals surface area contributed by atoms with Crippen LogP contribution >= 0.6 is 11.6 Å². The number of pyridine rings is 1. The summed E-state index contributed by atoms with van der Waals surface area (Å²) in [4.78, 5) is 27.1. The minimum absolute atomic E-state index is 0.155. The van der Waals surface area contributed by atoms with Gasteiger partial charge in [0.25, 0.3) is 5.56 Å². The second-order valence-electron chi connectivity index (χ2n) is 9.55. The predicted molar refractivity (Wildman–Crippen MR) is 135 cm³/mol. The van der Waals surface area contributed by atoms with Gasteiger partial charge in [-0.2, -0.15) is 4.98 Å². The van der Waals surface area contributed by atoms with E-state index in [9.17, 15) is 4.79 Å². The van der Waals surface area contributed by atoms with Crippen LogP contribution in [0.4, 0.5) is 11.6 Å². The van der Waals surface area contributed by atoms with E-state index < -0.39 is 0 Å². The summed E-state index contributed by atoms with van der Waals surface area (Å²) in [5.41, 5.74) is 4.39. The average molecular weight is 478 g/mol. The molecular formula is C25H28ClN7O. The first kappa shape index (κ1) is 22.6. The number of hydrogen-bond acceptors (Lipinski definition) is 6. The van der Waals surface area contributed by atoms with Crippen LogP contribution in [-0.2, 0) is 24.9 Å². The molecule has 0 saturated carbocycles. The molecule has 8 nitrogen and oxygen atoms in total. The summed E-state index contributed by atoms with van der Waals surface area (Å²) >= 11 is 6.45. The van der Waals surface area contributed by atoms with Gasteiger partial charge in [0.2, 0.25) is 5.95 Å². The zero-order valence-corrected chi connectivity index (χ0v) is 20.6. The Morgan fingerprint density at radius 1 is 1.15 bits per heavy atom. The summed E-state index contributed by atoms with van der Waals surface area (Å²) < 4.78 is 3.38.